The molecule has 0 radical (unpaired) electrons. The van der Waals surface area contributed by atoms with Crippen molar-refractivity contribution < 1.29 is 18.8 Å². The molecule has 1 aromatic carbocycles. The summed E-state index contributed by atoms with van der Waals surface area (Å²) in [5.74, 6) is -0.426. The molecule has 0 bridgehead atoms. The zero-order chi connectivity index (χ0) is 20.1. The number of piperidine rings is 1. The Bertz CT molecular complexity index is 739. The second kappa shape index (κ2) is 9.17. The van der Waals surface area contributed by atoms with Gasteiger partial charge in [0, 0.05) is 46.2 Å². The Balaban J connectivity index is 1.54. The SMILES string of the molecule is CC(=O)N1CCCC(C(=O)N2CCCN(C(=O)Cc3cccc(F)c3)CC2)C1. The fraction of sp³-hybridized carbons (Fsp3) is 0.571. The molecule has 7 heteroatoms. The Hall–Kier alpha value is -2.44. The molecule has 1 unspecified atom stereocenters. The van der Waals surface area contributed by atoms with Crippen molar-refractivity contribution in [1.82, 2.24) is 14.7 Å². The fourth-order valence-corrected chi connectivity index (χ4v) is 4.04. The minimum atomic E-state index is -0.343. The van der Waals surface area contributed by atoms with Gasteiger partial charge in [-0.25, -0.2) is 4.39 Å². The number of rotatable bonds is 3. The van der Waals surface area contributed by atoms with E-state index in [9.17, 15) is 18.8 Å². The van der Waals surface area contributed by atoms with Gasteiger partial charge in [-0.3, -0.25) is 14.4 Å². The first kappa shape index (κ1) is 20.3. The number of carbonyl (C=O) groups is 3. The van der Waals surface area contributed by atoms with Crippen molar-refractivity contribution in [2.45, 2.75) is 32.6 Å². The van der Waals surface area contributed by atoms with Gasteiger partial charge >= 0.3 is 0 Å². The van der Waals surface area contributed by atoms with Crippen LogP contribution in [0.4, 0.5) is 4.39 Å². The highest BCUT2D eigenvalue weighted by atomic mass is 19.1. The number of benzene rings is 1. The molecule has 2 heterocycles. The third-order valence-electron chi connectivity index (χ3n) is 5.62. The number of amides is 3. The second-order valence-corrected chi connectivity index (χ2v) is 7.67. The van der Waals surface area contributed by atoms with E-state index in [0.29, 0.717) is 38.3 Å². The standard InChI is InChI=1S/C21H28FN3O3/c1-16(26)25-8-3-6-18(15-25)21(28)24-10-4-9-23(11-12-24)20(27)14-17-5-2-7-19(22)13-17/h2,5,7,13,18H,3-4,6,8-12,14-15H2,1H3. The van der Waals surface area contributed by atoms with E-state index >= 15 is 0 Å². The summed E-state index contributed by atoms with van der Waals surface area (Å²) >= 11 is 0. The molecule has 3 amide bonds. The van der Waals surface area contributed by atoms with E-state index in [1.807, 2.05) is 4.90 Å². The lowest BCUT2D eigenvalue weighted by molar-refractivity contribution is -0.140. The van der Waals surface area contributed by atoms with E-state index < -0.39 is 0 Å². The maximum atomic E-state index is 13.3. The minimum absolute atomic E-state index is 0.0162. The van der Waals surface area contributed by atoms with E-state index in [1.165, 1.54) is 12.1 Å². The highest BCUT2D eigenvalue weighted by molar-refractivity contribution is 5.81. The molecule has 28 heavy (non-hydrogen) atoms. The highest BCUT2D eigenvalue weighted by Gasteiger charge is 2.31. The third kappa shape index (κ3) is 5.09. The first-order valence-corrected chi connectivity index (χ1v) is 10.0. The number of hydrogen-bond acceptors (Lipinski definition) is 3. The monoisotopic (exact) mass is 389 g/mol. The van der Waals surface area contributed by atoms with Gasteiger partial charge in [-0.1, -0.05) is 12.1 Å². The largest absolute Gasteiger partial charge is 0.342 e. The molecule has 0 aliphatic carbocycles. The van der Waals surface area contributed by atoms with Gasteiger partial charge in [0.1, 0.15) is 5.82 Å². The first-order valence-electron chi connectivity index (χ1n) is 10.0. The van der Waals surface area contributed by atoms with Crippen molar-refractivity contribution in [3.63, 3.8) is 0 Å². The zero-order valence-electron chi connectivity index (χ0n) is 16.4. The van der Waals surface area contributed by atoms with Gasteiger partial charge in [0.25, 0.3) is 0 Å². The summed E-state index contributed by atoms with van der Waals surface area (Å²) < 4.78 is 13.3. The molecule has 1 aromatic rings. The molecule has 2 aliphatic rings. The van der Waals surface area contributed by atoms with Crippen molar-refractivity contribution in [2.24, 2.45) is 5.92 Å². The first-order chi connectivity index (χ1) is 13.4. The molecular formula is C21H28FN3O3. The summed E-state index contributed by atoms with van der Waals surface area (Å²) in [6, 6.07) is 6.10. The smallest absolute Gasteiger partial charge is 0.227 e. The number of likely N-dealkylation sites (tertiary alicyclic amines) is 1. The van der Waals surface area contributed by atoms with Crippen LogP contribution in [0.1, 0.15) is 31.7 Å². The molecular weight excluding hydrogens is 361 g/mol. The summed E-state index contributed by atoms with van der Waals surface area (Å²) in [5.41, 5.74) is 0.661. The summed E-state index contributed by atoms with van der Waals surface area (Å²) in [5, 5.41) is 0. The average molecular weight is 389 g/mol. The summed E-state index contributed by atoms with van der Waals surface area (Å²) in [6.45, 7) is 4.98. The topological polar surface area (TPSA) is 60.9 Å². The van der Waals surface area contributed by atoms with Crippen LogP contribution in [0.15, 0.2) is 24.3 Å². The lowest BCUT2D eigenvalue weighted by atomic mass is 9.96. The number of nitrogens with zero attached hydrogens (tertiary/aromatic N) is 3. The molecule has 6 nitrogen and oxygen atoms in total. The van der Waals surface area contributed by atoms with Crippen molar-refractivity contribution in [2.75, 3.05) is 39.3 Å². The summed E-state index contributed by atoms with van der Waals surface area (Å²) in [7, 11) is 0. The molecule has 2 aliphatic heterocycles. The fourth-order valence-electron chi connectivity index (χ4n) is 4.04. The van der Waals surface area contributed by atoms with Crippen LogP contribution in [0, 0.1) is 11.7 Å². The van der Waals surface area contributed by atoms with E-state index in [1.54, 1.807) is 28.9 Å². The van der Waals surface area contributed by atoms with Gasteiger partial charge in [-0.15, -0.1) is 0 Å². The van der Waals surface area contributed by atoms with Crippen LogP contribution in [0.3, 0.4) is 0 Å². The molecule has 0 spiro atoms. The molecule has 3 rings (SSSR count). The molecule has 0 saturated carbocycles. The normalized spacial score (nSPS) is 20.6. The average Bonchev–Trinajstić information content (AvgIpc) is 2.94. The number of hydrogen-bond donors (Lipinski definition) is 0. The Labute approximate surface area is 165 Å². The van der Waals surface area contributed by atoms with E-state index in [0.717, 1.165) is 25.8 Å². The lowest BCUT2D eigenvalue weighted by Gasteiger charge is -2.34. The minimum Gasteiger partial charge on any atom is -0.342 e. The maximum Gasteiger partial charge on any atom is 0.227 e. The predicted molar refractivity (Wildman–Crippen MR) is 103 cm³/mol. The van der Waals surface area contributed by atoms with Gasteiger partial charge in [0.15, 0.2) is 0 Å². The van der Waals surface area contributed by atoms with Crippen molar-refractivity contribution in [3.8, 4) is 0 Å². The molecule has 2 fully saturated rings. The van der Waals surface area contributed by atoms with E-state index in [4.69, 9.17) is 0 Å². The molecule has 1 atom stereocenters. The Morgan fingerprint density at radius 3 is 2.46 bits per heavy atom. The van der Waals surface area contributed by atoms with Crippen LogP contribution in [0.5, 0.6) is 0 Å². The summed E-state index contributed by atoms with van der Waals surface area (Å²) in [4.78, 5) is 42.5. The number of carbonyl (C=O) groups excluding carboxylic acids is 3. The second-order valence-electron chi connectivity index (χ2n) is 7.67. The third-order valence-corrected chi connectivity index (χ3v) is 5.62. The van der Waals surface area contributed by atoms with Crippen LogP contribution in [-0.4, -0.2) is 71.7 Å². The van der Waals surface area contributed by atoms with Gasteiger partial charge < -0.3 is 14.7 Å². The van der Waals surface area contributed by atoms with E-state index in [2.05, 4.69) is 0 Å². The summed E-state index contributed by atoms with van der Waals surface area (Å²) in [6.07, 6.45) is 2.55. The maximum absolute atomic E-state index is 13.3. The van der Waals surface area contributed by atoms with Crippen LogP contribution >= 0.6 is 0 Å². The van der Waals surface area contributed by atoms with E-state index in [-0.39, 0.29) is 35.9 Å². The van der Waals surface area contributed by atoms with Gasteiger partial charge in [0.2, 0.25) is 17.7 Å². The van der Waals surface area contributed by atoms with Crippen molar-refractivity contribution >= 4 is 17.7 Å². The quantitative estimate of drug-likeness (QED) is 0.790. The molecule has 2 saturated heterocycles. The van der Waals surface area contributed by atoms with Gasteiger partial charge in [-0.05, 0) is 37.0 Å². The van der Waals surface area contributed by atoms with Crippen LogP contribution in [0.2, 0.25) is 0 Å². The molecule has 0 N–H and O–H groups in total. The van der Waals surface area contributed by atoms with Gasteiger partial charge in [0.05, 0.1) is 12.3 Å². The van der Waals surface area contributed by atoms with Crippen LogP contribution in [0.25, 0.3) is 0 Å². The Morgan fingerprint density at radius 2 is 1.71 bits per heavy atom. The van der Waals surface area contributed by atoms with Crippen LogP contribution < -0.4 is 0 Å². The molecule has 0 aromatic heterocycles. The number of halogens is 1. The highest BCUT2D eigenvalue weighted by Crippen LogP contribution is 2.20. The van der Waals surface area contributed by atoms with Crippen LogP contribution in [-0.2, 0) is 20.8 Å². The molecule has 152 valence electrons. The predicted octanol–water partition coefficient (Wildman–Crippen LogP) is 1.69. The van der Waals surface area contributed by atoms with Gasteiger partial charge in [-0.2, -0.15) is 0 Å². The zero-order valence-corrected chi connectivity index (χ0v) is 16.4. The Kier molecular flexibility index (Phi) is 6.65. The van der Waals surface area contributed by atoms with Crippen molar-refractivity contribution in [1.29, 1.82) is 0 Å². The Morgan fingerprint density at radius 1 is 1.00 bits per heavy atom. The van der Waals surface area contributed by atoms with Crippen molar-refractivity contribution in [3.05, 3.63) is 35.6 Å². The lowest BCUT2D eigenvalue weighted by Crippen LogP contribution is -2.47.